The normalized spacial score (nSPS) is 10.7. The Kier molecular flexibility index (Phi) is 4.25. The molecule has 4 heteroatoms. The van der Waals surface area contributed by atoms with Crippen molar-refractivity contribution in [1.82, 2.24) is 10.3 Å². The van der Waals surface area contributed by atoms with E-state index in [0.717, 1.165) is 23.7 Å². The van der Waals surface area contributed by atoms with Gasteiger partial charge in [0, 0.05) is 24.2 Å². The fraction of sp³-hybridized carbons (Fsp3) is 0.308. The average molecular weight is 248 g/mol. The predicted molar refractivity (Wildman–Crippen MR) is 69.8 cm³/mol. The van der Waals surface area contributed by atoms with Crippen LogP contribution in [0.1, 0.15) is 21.0 Å². The number of hydrogen-bond donors (Lipinski definition) is 2. The summed E-state index contributed by atoms with van der Waals surface area (Å²) in [6.45, 7) is 3.81. The second kappa shape index (κ2) is 5.91. The number of thiazole rings is 1. The first-order valence-corrected chi connectivity index (χ1v) is 6.40. The molecule has 3 nitrogen and oxygen atoms in total. The van der Waals surface area contributed by atoms with E-state index >= 15 is 0 Å². The highest BCUT2D eigenvalue weighted by atomic mass is 32.1. The number of hydrogen-bond acceptors (Lipinski definition) is 4. The molecule has 0 aliphatic heterocycles. The first-order chi connectivity index (χ1) is 8.28. The maximum Gasteiger partial charge on any atom is 0.0897 e. The van der Waals surface area contributed by atoms with E-state index < -0.39 is 0 Å². The summed E-state index contributed by atoms with van der Waals surface area (Å²) in [4.78, 5) is 5.47. The highest BCUT2D eigenvalue weighted by Gasteiger charge is 1.98. The summed E-state index contributed by atoms with van der Waals surface area (Å²) >= 11 is 1.72. The summed E-state index contributed by atoms with van der Waals surface area (Å²) in [5.41, 5.74) is 2.18. The Morgan fingerprint density at radius 3 is 2.47 bits per heavy atom. The van der Waals surface area contributed by atoms with Crippen LogP contribution in [0.15, 0.2) is 30.5 Å². The van der Waals surface area contributed by atoms with Gasteiger partial charge in [-0.1, -0.05) is 24.3 Å². The Bertz CT molecular complexity index is 465. The summed E-state index contributed by atoms with van der Waals surface area (Å²) in [5.74, 6) is 0. The largest absolute Gasteiger partial charge is 0.392 e. The van der Waals surface area contributed by atoms with E-state index in [9.17, 15) is 0 Å². The number of nitrogens with one attached hydrogen (secondary N) is 1. The van der Waals surface area contributed by atoms with Crippen molar-refractivity contribution in [3.05, 3.63) is 51.5 Å². The van der Waals surface area contributed by atoms with Gasteiger partial charge in [0.25, 0.3) is 0 Å². The van der Waals surface area contributed by atoms with Gasteiger partial charge in [-0.3, -0.25) is 0 Å². The molecule has 0 amide bonds. The van der Waals surface area contributed by atoms with Crippen LogP contribution in [0.4, 0.5) is 0 Å². The van der Waals surface area contributed by atoms with Crippen molar-refractivity contribution < 1.29 is 5.11 Å². The van der Waals surface area contributed by atoms with Crippen LogP contribution < -0.4 is 5.32 Å². The quantitative estimate of drug-likeness (QED) is 0.853. The number of aliphatic hydroxyl groups is 1. The fourth-order valence-electron chi connectivity index (χ4n) is 1.58. The number of rotatable bonds is 5. The third kappa shape index (κ3) is 3.63. The van der Waals surface area contributed by atoms with Crippen molar-refractivity contribution in [1.29, 1.82) is 0 Å². The van der Waals surface area contributed by atoms with E-state index in [2.05, 4.69) is 10.3 Å². The molecule has 0 unspecified atom stereocenters. The zero-order valence-electron chi connectivity index (χ0n) is 9.81. The number of benzene rings is 1. The summed E-state index contributed by atoms with van der Waals surface area (Å²) in [6, 6.07) is 7.98. The van der Waals surface area contributed by atoms with Crippen molar-refractivity contribution >= 4 is 11.3 Å². The Balaban J connectivity index is 1.81. The zero-order valence-corrected chi connectivity index (χ0v) is 10.6. The van der Waals surface area contributed by atoms with Crippen LogP contribution in [0.25, 0.3) is 0 Å². The third-order valence-corrected chi connectivity index (χ3v) is 3.42. The smallest absolute Gasteiger partial charge is 0.0897 e. The van der Waals surface area contributed by atoms with E-state index in [0.29, 0.717) is 0 Å². The molecule has 2 rings (SSSR count). The maximum absolute atomic E-state index is 8.93. The zero-order chi connectivity index (χ0) is 12.1. The standard InChI is InChI=1S/C13H16N2OS/c1-10-15-8-13(17-10)7-14-6-11-2-4-12(9-16)5-3-11/h2-5,8,14,16H,6-7,9H2,1H3. The molecular weight excluding hydrogens is 232 g/mol. The minimum atomic E-state index is 0.105. The van der Waals surface area contributed by atoms with Gasteiger partial charge >= 0.3 is 0 Å². The van der Waals surface area contributed by atoms with Crippen LogP contribution >= 0.6 is 11.3 Å². The van der Waals surface area contributed by atoms with Gasteiger partial charge in [0.1, 0.15) is 0 Å². The highest BCUT2D eigenvalue weighted by molar-refractivity contribution is 7.11. The van der Waals surface area contributed by atoms with Crippen LogP contribution in [0.3, 0.4) is 0 Å². The fourth-order valence-corrected chi connectivity index (χ4v) is 2.34. The minimum absolute atomic E-state index is 0.105. The van der Waals surface area contributed by atoms with Gasteiger partial charge in [-0.15, -0.1) is 11.3 Å². The van der Waals surface area contributed by atoms with Gasteiger partial charge in [-0.2, -0.15) is 0 Å². The van der Waals surface area contributed by atoms with Crippen molar-refractivity contribution in [3.63, 3.8) is 0 Å². The molecule has 0 radical (unpaired) electrons. The molecule has 90 valence electrons. The van der Waals surface area contributed by atoms with Crippen LogP contribution in [-0.4, -0.2) is 10.1 Å². The topological polar surface area (TPSA) is 45.2 Å². The Morgan fingerprint density at radius 1 is 1.18 bits per heavy atom. The maximum atomic E-state index is 8.93. The molecule has 2 aromatic rings. The number of aliphatic hydroxyl groups excluding tert-OH is 1. The van der Waals surface area contributed by atoms with Gasteiger partial charge < -0.3 is 10.4 Å². The lowest BCUT2D eigenvalue weighted by molar-refractivity contribution is 0.282. The predicted octanol–water partition coefficient (Wildman–Crippen LogP) is 2.23. The molecule has 1 heterocycles. The SMILES string of the molecule is Cc1ncc(CNCc2ccc(CO)cc2)s1. The molecule has 0 atom stereocenters. The molecule has 0 aliphatic rings. The lowest BCUT2D eigenvalue weighted by Gasteiger charge is -2.04. The van der Waals surface area contributed by atoms with Crippen LogP contribution in [0.2, 0.25) is 0 Å². The Morgan fingerprint density at radius 2 is 1.88 bits per heavy atom. The van der Waals surface area contributed by atoms with E-state index in [4.69, 9.17) is 5.11 Å². The molecule has 1 aromatic carbocycles. The average Bonchev–Trinajstić information content (AvgIpc) is 2.76. The molecule has 0 saturated carbocycles. The molecule has 0 spiro atoms. The van der Waals surface area contributed by atoms with Crippen LogP contribution in [0.5, 0.6) is 0 Å². The summed E-state index contributed by atoms with van der Waals surface area (Å²) in [6.07, 6.45) is 1.92. The Labute approximate surface area is 105 Å². The molecule has 1 aromatic heterocycles. The van der Waals surface area contributed by atoms with Crippen molar-refractivity contribution in [3.8, 4) is 0 Å². The Hall–Kier alpha value is -1.23. The lowest BCUT2D eigenvalue weighted by atomic mass is 10.1. The molecule has 0 fully saturated rings. The summed E-state index contributed by atoms with van der Waals surface area (Å²) in [5, 5.41) is 13.4. The molecule has 0 saturated heterocycles. The highest BCUT2D eigenvalue weighted by Crippen LogP contribution is 2.11. The van der Waals surface area contributed by atoms with Gasteiger partial charge in [0.2, 0.25) is 0 Å². The number of nitrogens with zero attached hydrogens (tertiary/aromatic N) is 1. The molecule has 2 N–H and O–H groups in total. The van der Waals surface area contributed by atoms with Crippen molar-refractivity contribution in [2.45, 2.75) is 26.6 Å². The van der Waals surface area contributed by atoms with Gasteiger partial charge in [-0.25, -0.2) is 4.98 Å². The van der Waals surface area contributed by atoms with E-state index in [-0.39, 0.29) is 6.61 Å². The van der Waals surface area contributed by atoms with Gasteiger partial charge in [0.05, 0.1) is 11.6 Å². The van der Waals surface area contributed by atoms with Gasteiger partial charge in [0.15, 0.2) is 0 Å². The number of aryl methyl sites for hydroxylation is 1. The minimum Gasteiger partial charge on any atom is -0.392 e. The van der Waals surface area contributed by atoms with Crippen molar-refractivity contribution in [2.75, 3.05) is 0 Å². The van der Waals surface area contributed by atoms with E-state index in [1.807, 2.05) is 37.4 Å². The molecule has 0 aliphatic carbocycles. The molecular formula is C13H16N2OS. The monoisotopic (exact) mass is 248 g/mol. The summed E-state index contributed by atoms with van der Waals surface area (Å²) in [7, 11) is 0. The second-order valence-electron chi connectivity index (χ2n) is 3.92. The van der Waals surface area contributed by atoms with Crippen LogP contribution in [-0.2, 0) is 19.7 Å². The lowest BCUT2D eigenvalue weighted by Crippen LogP contribution is -2.11. The van der Waals surface area contributed by atoms with E-state index in [1.165, 1.54) is 10.4 Å². The molecule has 0 bridgehead atoms. The molecule has 17 heavy (non-hydrogen) atoms. The summed E-state index contributed by atoms with van der Waals surface area (Å²) < 4.78 is 0. The first-order valence-electron chi connectivity index (χ1n) is 5.58. The van der Waals surface area contributed by atoms with E-state index in [1.54, 1.807) is 11.3 Å². The number of aromatic nitrogens is 1. The third-order valence-electron chi connectivity index (χ3n) is 2.50. The van der Waals surface area contributed by atoms with Crippen molar-refractivity contribution in [2.24, 2.45) is 0 Å². The first kappa shape index (κ1) is 12.2. The van der Waals surface area contributed by atoms with Gasteiger partial charge in [-0.05, 0) is 18.1 Å². The second-order valence-corrected chi connectivity index (χ2v) is 5.24. The van der Waals surface area contributed by atoms with Crippen LogP contribution in [0, 0.1) is 6.92 Å².